The second kappa shape index (κ2) is 12.0. The number of hydrogen-bond acceptors (Lipinski definition) is 4. The van der Waals surface area contributed by atoms with E-state index in [0.29, 0.717) is 6.54 Å². The van der Waals surface area contributed by atoms with Crippen LogP contribution < -0.4 is 10.2 Å². The van der Waals surface area contributed by atoms with E-state index in [1.807, 2.05) is 18.3 Å². The van der Waals surface area contributed by atoms with E-state index in [1.54, 1.807) is 0 Å². The van der Waals surface area contributed by atoms with E-state index < -0.39 is 0 Å². The second-order valence-corrected chi connectivity index (χ2v) is 7.39. The first-order valence-corrected chi connectivity index (χ1v) is 10.1. The number of aromatic nitrogens is 1. The third kappa shape index (κ3) is 7.15. The minimum Gasteiger partial charge on any atom is -0.357 e. The van der Waals surface area contributed by atoms with E-state index >= 15 is 0 Å². The van der Waals surface area contributed by atoms with Crippen LogP contribution in [0.15, 0.2) is 53.7 Å². The Morgan fingerprint density at radius 2 is 1.83 bits per heavy atom. The lowest BCUT2D eigenvalue weighted by Gasteiger charge is -2.37. The van der Waals surface area contributed by atoms with Crippen LogP contribution in [0, 0.1) is 0 Å². The third-order valence-electron chi connectivity index (χ3n) is 4.79. The molecule has 0 radical (unpaired) electrons. The maximum absolute atomic E-state index is 4.91. The zero-order valence-electron chi connectivity index (χ0n) is 17.7. The van der Waals surface area contributed by atoms with Gasteiger partial charge in [0.1, 0.15) is 5.82 Å². The lowest BCUT2D eigenvalue weighted by Crippen LogP contribution is -2.52. The molecule has 1 aliphatic heterocycles. The Bertz CT molecular complexity index is 757. The highest BCUT2D eigenvalue weighted by Gasteiger charge is 2.20. The van der Waals surface area contributed by atoms with Crippen LogP contribution in [0.25, 0.3) is 0 Å². The van der Waals surface area contributed by atoms with Gasteiger partial charge in [-0.3, -0.25) is 0 Å². The zero-order chi connectivity index (χ0) is 19.8. The Morgan fingerprint density at radius 1 is 1.07 bits per heavy atom. The first-order chi connectivity index (χ1) is 13.7. The fourth-order valence-corrected chi connectivity index (χ4v) is 3.47. The largest absolute Gasteiger partial charge is 0.357 e. The Kier molecular flexibility index (Phi) is 9.66. The first kappa shape index (κ1) is 23.4. The van der Waals surface area contributed by atoms with E-state index in [4.69, 9.17) is 4.99 Å². The maximum atomic E-state index is 4.91. The highest BCUT2D eigenvalue weighted by Crippen LogP contribution is 2.13. The number of nitrogens with zero attached hydrogens (tertiary/aromatic N) is 5. The molecule has 0 spiro atoms. The lowest BCUT2D eigenvalue weighted by atomic mass is 10.1. The molecule has 1 N–H and O–H groups in total. The molecule has 0 unspecified atom stereocenters. The van der Waals surface area contributed by atoms with E-state index in [1.165, 1.54) is 11.1 Å². The number of rotatable bonds is 6. The highest BCUT2D eigenvalue weighted by atomic mass is 127. The van der Waals surface area contributed by atoms with Crippen LogP contribution in [-0.2, 0) is 13.1 Å². The Hall–Kier alpha value is -1.87. The molecular weight excluding hydrogens is 475 g/mol. The summed E-state index contributed by atoms with van der Waals surface area (Å²) in [5.41, 5.74) is 2.58. The summed E-state index contributed by atoms with van der Waals surface area (Å²) in [5.74, 6) is 2.06. The molecule has 0 amide bonds. The van der Waals surface area contributed by atoms with Gasteiger partial charge < -0.3 is 20.0 Å². The molecule has 1 aromatic carbocycles. The van der Waals surface area contributed by atoms with Crippen molar-refractivity contribution in [3.8, 4) is 0 Å². The van der Waals surface area contributed by atoms with Crippen LogP contribution >= 0.6 is 24.0 Å². The monoisotopic (exact) mass is 508 g/mol. The quantitative estimate of drug-likeness (QED) is 0.370. The van der Waals surface area contributed by atoms with Crippen molar-refractivity contribution < 1.29 is 0 Å². The number of nitrogens with one attached hydrogen (secondary N) is 1. The number of benzene rings is 1. The van der Waals surface area contributed by atoms with Crippen molar-refractivity contribution in [3.63, 3.8) is 0 Å². The van der Waals surface area contributed by atoms with Crippen LogP contribution in [-0.4, -0.2) is 67.6 Å². The van der Waals surface area contributed by atoms with Gasteiger partial charge in [-0.2, -0.15) is 0 Å². The fourth-order valence-electron chi connectivity index (χ4n) is 3.47. The van der Waals surface area contributed by atoms with Crippen molar-refractivity contribution >= 4 is 35.8 Å². The summed E-state index contributed by atoms with van der Waals surface area (Å²) in [6.07, 6.45) is 1.86. The van der Waals surface area contributed by atoms with E-state index in [2.05, 4.69) is 76.4 Å². The molecule has 7 heteroatoms. The van der Waals surface area contributed by atoms with Gasteiger partial charge in [0.2, 0.25) is 0 Å². The number of hydrogen-bond donors (Lipinski definition) is 1. The summed E-state index contributed by atoms with van der Waals surface area (Å²) >= 11 is 0. The van der Waals surface area contributed by atoms with Gasteiger partial charge in [-0.25, -0.2) is 9.98 Å². The van der Waals surface area contributed by atoms with Crippen molar-refractivity contribution in [2.24, 2.45) is 4.99 Å². The molecule has 1 aliphatic rings. The molecule has 2 heterocycles. The maximum Gasteiger partial charge on any atom is 0.194 e. The number of guanidine groups is 1. The van der Waals surface area contributed by atoms with Crippen molar-refractivity contribution in [1.82, 2.24) is 20.1 Å². The van der Waals surface area contributed by atoms with Gasteiger partial charge in [-0.15, -0.1) is 24.0 Å². The summed E-state index contributed by atoms with van der Waals surface area (Å²) < 4.78 is 0. The predicted octanol–water partition coefficient (Wildman–Crippen LogP) is 3.05. The van der Waals surface area contributed by atoms with E-state index in [-0.39, 0.29) is 24.0 Å². The summed E-state index contributed by atoms with van der Waals surface area (Å²) in [6.45, 7) is 8.46. The summed E-state index contributed by atoms with van der Waals surface area (Å²) in [5, 5.41) is 3.46. The molecule has 29 heavy (non-hydrogen) atoms. The number of anilines is 1. The molecule has 1 fully saturated rings. The molecule has 0 bridgehead atoms. The highest BCUT2D eigenvalue weighted by molar-refractivity contribution is 14.0. The van der Waals surface area contributed by atoms with Crippen molar-refractivity contribution in [1.29, 1.82) is 0 Å². The van der Waals surface area contributed by atoms with E-state index in [0.717, 1.165) is 51.0 Å². The average Bonchev–Trinajstić information content (AvgIpc) is 2.72. The summed E-state index contributed by atoms with van der Waals surface area (Å²) in [7, 11) is 4.19. The van der Waals surface area contributed by atoms with Gasteiger partial charge in [-0.05, 0) is 44.3 Å². The van der Waals surface area contributed by atoms with Gasteiger partial charge in [0.15, 0.2) is 5.96 Å². The van der Waals surface area contributed by atoms with Crippen LogP contribution in [0.2, 0.25) is 0 Å². The smallest absolute Gasteiger partial charge is 0.194 e. The number of halogens is 1. The Balaban J connectivity index is 0.00000300. The average molecular weight is 508 g/mol. The standard InChI is InChI=1S/C22H32N6.HI/c1-4-23-22(25-17-19-8-7-9-20(16-19)18-26(2)3)28-14-12-27(13-15-28)21-10-5-6-11-24-21;/h5-11,16H,4,12-15,17-18H2,1-3H3,(H,23,25);1H. The Morgan fingerprint density at radius 3 is 2.48 bits per heavy atom. The van der Waals surface area contributed by atoms with Gasteiger partial charge in [0, 0.05) is 45.5 Å². The van der Waals surface area contributed by atoms with Gasteiger partial charge in [0.05, 0.1) is 6.54 Å². The van der Waals surface area contributed by atoms with Crippen molar-refractivity contribution in [2.75, 3.05) is 51.7 Å². The van der Waals surface area contributed by atoms with Crippen LogP contribution in [0.3, 0.4) is 0 Å². The summed E-state index contributed by atoms with van der Waals surface area (Å²) in [6, 6.07) is 14.8. The lowest BCUT2D eigenvalue weighted by molar-refractivity contribution is 0.371. The van der Waals surface area contributed by atoms with Crippen LogP contribution in [0.1, 0.15) is 18.1 Å². The van der Waals surface area contributed by atoms with Crippen LogP contribution in [0.4, 0.5) is 5.82 Å². The molecule has 0 saturated carbocycles. The minimum absolute atomic E-state index is 0. The predicted molar refractivity (Wildman–Crippen MR) is 132 cm³/mol. The Labute approximate surface area is 192 Å². The van der Waals surface area contributed by atoms with Crippen molar-refractivity contribution in [2.45, 2.75) is 20.0 Å². The normalized spacial score (nSPS) is 14.7. The van der Waals surface area contributed by atoms with Crippen LogP contribution in [0.5, 0.6) is 0 Å². The molecule has 1 saturated heterocycles. The molecule has 0 atom stereocenters. The van der Waals surface area contributed by atoms with E-state index in [9.17, 15) is 0 Å². The molecule has 158 valence electrons. The number of pyridine rings is 1. The van der Waals surface area contributed by atoms with Crippen molar-refractivity contribution in [3.05, 3.63) is 59.8 Å². The molecule has 6 nitrogen and oxygen atoms in total. The zero-order valence-corrected chi connectivity index (χ0v) is 20.0. The topological polar surface area (TPSA) is 47.0 Å². The number of aliphatic imine (C=N–C) groups is 1. The fraction of sp³-hybridized carbons (Fsp3) is 0.455. The van der Waals surface area contributed by atoms with Gasteiger partial charge in [0.25, 0.3) is 0 Å². The summed E-state index contributed by atoms with van der Waals surface area (Å²) in [4.78, 5) is 16.3. The SMILES string of the molecule is CCNC(=NCc1cccc(CN(C)C)c1)N1CCN(c2ccccn2)CC1.I. The number of piperazine rings is 1. The second-order valence-electron chi connectivity index (χ2n) is 7.39. The molecule has 2 aromatic rings. The molecular formula is C22H33IN6. The molecule has 1 aromatic heterocycles. The molecule has 3 rings (SSSR count). The minimum atomic E-state index is 0. The first-order valence-electron chi connectivity index (χ1n) is 10.1. The third-order valence-corrected chi connectivity index (χ3v) is 4.79. The van der Waals surface area contributed by atoms with Gasteiger partial charge >= 0.3 is 0 Å². The molecule has 0 aliphatic carbocycles. The van der Waals surface area contributed by atoms with Gasteiger partial charge in [-0.1, -0.05) is 30.3 Å².